The minimum Gasteiger partial charge on any atom is -0.497 e. The highest BCUT2D eigenvalue weighted by Gasteiger charge is 2.13. The van der Waals surface area contributed by atoms with Crippen LogP contribution < -0.4 is 10.1 Å². The third-order valence-electron chi connectivity index (χ3n) is 2.49. The van der Waals surface area contributed by atoms with Gasteiger partial charge in [-0.1, -0.05) is 22.0 Å². The fourth-order valence-corrected chi connectivity index (χ4v) is 2.12. The van der Waals surface area contributed by atoms with Gasteiger partial charge >= 0.3 is 0 Å². The van der Waals surface area contributed by atoms with Gasteiger partial charge in [-0.25, -0.2) is 0 Å². The maximum absolute atomic E-state index is 12.0. The van der Waals surface area contributed by atoms with Crippen LogP contribution in [0.4, 0.5) is 0 Å². The Hall–Kier alpha value is -1.07. The van der Waals surface area contributed by atoms with E-state index in [1.54, 1.807) is 32.4 Å². The summed E-state index contributed by atoms with van der Waals surface area (Å²) < 4.78 is 10.2. The molecule has 0 heterocycles. The number of nitrogens with one attached hydrogen (secondary N) is 1. The predicted molar refractivity (Wildman–Crippen MR) is 74.5 cm³/mol. The first-order chi connectivity index (χ1) is 8.71. The third kappa shape index (κ3) is 4.66. The maximum atomic E-state index is 12.0. The zero-order valence-electron chi connectivity index (χ0n) is 10.6. The first kappa shape index (κ1) is 15.0. The third-order valence-corrected chi connectivity index (χ3v) is 2.95. The van der Waals surface area contributed by atoms with Gasteiger partial charge in [-0.3, -0.25) is 4.79 Å². The van der Waals surface area contributed by atoms with Crippen molar-refractivity contribution in [3.63, 3.8) is 0 Å². The first-order valence-corrected chi connectivity index (χ1v) is 6.83. The number of methoxy groups -OCH3 is 2. The van der Waals surface area contributed by atoms with Gasteiger partial charge in [0.2, 0.25) is 0 Å². The van der Waals surface area contributed by atoms with Gasteiger partial charge in [0, 0.05) is 18.0 Å². The fraction of sp³-hybridized carbons (Fsp3) is 0.462. The predicted octanol–water partition coefficient (Wildman–Crippen LogP) is 2.23. The molecule has 4 nitrogen and oxygen atoms in total. The molecule has 1 N–H and O–H groups in total. The lowest BCUT2D eigenvalue weighted by Crippen LogP contribution is -2.38. The molecule has 0 fully saturated rings. The number of amides is 1. The Kier molecular flexibility index (Phi) is 6.75. The molecule has 1 atom stereocenters. The Morgan fingerprint density at radius 2 is 2.22 bits per heavy atom. The Morgan fingerprint density at radius 3 is 2.83 bits per heavy atom. The highest BCUT2D eigenvalue weighted by Crippen LogP contribution is 2.12. The van der Waals surface area contributed by atoms with E-state index < -0.39 is 0 Å². The molecule has 0 aliphatic rings. The number of ether oxygens (including phenoxy) is 2. The SMILES string of the molecule is COCC(CCBr)NC(=O)c1cccc(OC)c1. The van der Waals surface area contributed by atoms with Gasteiger partial charge in [-0.15, -0.1) is 0 Å². The smallest absolute Gasteiger partial charge is 0.251 e. The van der Waals surface area contributed by atoms with Crippen LogP contribution in [0.25, 0.3) is 0 Å². The summed E-state index contributed by atoms with van der Waals surface area (Å²) in [6.45, 7) is 0.501. The van der Waals surface area contributed by atoms with Crippen LogP contribution in [0.1, 0.15) is 16.8 Å². The van der Waals surface area contributed by atoms with Gasteiger partial charge < -0.3 is 14.8 Å². The fourth-order valence-electron chi connectivity index (χ4n) is 1.56. The first-order valence-electron chi connectivity index (χ1n) is 5.71. The van der Waals surface area contributed by atoms with Gasteiger partial charge in [-0.2, -0.15) is 0 Å². The molecule has 0 aliphatic carbocycles. The summed E-state index contributed by atoms with van der Waals surface area (Å²) in [5, 5.41) is 3.76. The van der Waals surface area contributed by atoms with Gasteiger partial charge in [0.1, 0.15) is 5.75 Å². The van der Waals surface area contributed by atoms with Crippen LogP contribution in [0.3, 0.4) is 0 Å². The average molecular weight is 316 g/mol. The number of carbonyl (C=O) groups excluding carboxylic acids is 1. The second kappa shape index (κ2) is 8.11. The van der Waals surface area contributed by atoms with Crippen LogP contribution in [0.15, 0.2) is 24.3 Å². The molecule has 1 unspecified atom stereocenters. The van der Waals surface area contributed by atoms with Gasteiger partial charge in [0.05, 0.1) is 19.8 Å². The second-order valence-electron chi connectivity index (χ2n) is 3.84. The molecule has 0 radical (unpaired) electrons. The van der Waals surface area contributed by atoms with Crippen molar-refractivity contribution >= 4 is 21.8 Å². The summed E-state index contributed by atoms with van der Waals surface area (Å²) in [7, 11) is 3.20. The van der Waals surface area contributed by atoms with E-state index in [9.17, 15) is 4.79 Å². The second-order valence-corrected chi connectivity index (χ2v) is 4.63. The number of benzene rings is 1. The molecule has 0 spiro atoms. The van der Waals surface area contributed by atoms with E-state index in [-0.39, 0.29) is 11.9 Å². The Morgan fingerprint density at radius 1 is 1.44 bits per heavy atom. The van der Waals surface area contributed by atoms with Crippen molar-refractivity contribution in [2.75, 3.05) is 26.2 Å². The molecule has 0 bridgehead atoms. The lowest BCUT2D eigenvalue weighted by atomic mass is 10.1. The molecule has 0 saturated heterocycles. The summed E-state index contributed by atoms with van der Waals surface area (Å²) in [6, 6.07) is 7.09. The van der Waals surface area contributed by atoms with Crippen LogP contribution in [0.5, 0.6) is 5.75 Å². The zero-order chi connectivity index (χ0) is 13.4. The molecule has 1 rings (SSSR count). The lowest BCUT2D eigenvalue weighted by molar-refractivity contribution is 0.0895. The van der Waals surface area contributed by atoms with Crippen LogP contribution in [-0.4, -0.2) is 38.1 Å². The number of alkyl halides is 1. The van der Waals surface area contributed by atoms with E-state index in [0.29, 0.717) is 17.9 Å². The van der Waals surface area contributed by atoms with E-state index in [4.69, 9.17) is 9.47 Å². The Bertz CT molecular complexity index is 378. The van der Waals surface area contributed by atoms with E-state index in [1.165, 1.54) is 0 Å². The van der Waals surface area contributed by atoms with Crippen LogP contribution in [0.2, 0.25) is 0 Å². The van der Waals surface area contributed by atoms with Crippen LogP contribution in [0, 0.1) is 0 Å². The van der Waals surface area contributed by atoms with Crippen molar-refractivity contribution in [3.8, 4) is 5.75 Å². The number of rotatable bonds is 7. The molecule has 1 amide bonds. The highest BCUT2D eigenvalue weighted by atomic mass is 79.9. The molecular weight excluding hydrogens is 298 g/mol. The number of hydrogen-bond acceptors (Lipinski definition) is 3. The summed E-state index contributed by atoms with van der Waals surface area (Å²) >= 11 is 3.36. The standard InChI is InChI=1S/C13H18BrNO3/c1-17-9-11(6-7-14)15-13(16)10-4-3-5-12(8-10)18-2/h3-5,8,11H,6-7,9H2,1-2H3,(H,15,16). The largest absolute Gasteiger partial charge is 0.497 e. The minimum absolute atomic E-state index is 0.00748. The van der Waals surface area contributed by atoms with Crippen molar-refractivity contribution in [1.82, 2.24) is 5.32 Å². The molecule has 18 heavy (non-hydrogen) atoms. The Labute approximate surface area is 116 Å². The number of hydrogen-bond donors (Lipinski definition) is 1. The van der Waals surface area contributed by atoms with E-state index in [0.717, 1.165) is 11.8 Å². The van der Waals surface area contributed by atoms with Crippen molar-refractivity contribution < 1.29 is 14.3 Å². The zero-order valence-corrected chi connectivity index (χ0v) is 12.2. The van der Waals surface area contributed by atoms with Gasteiger partial charge in [0.25, 0.3) is 5.91 Å². The van der Waals surface area contributed by atoms with Crippen molar-refractivity contribution in [2.24, 2.45) is 0 Å². The Balaban J connectivity index is 2.67. The molecule has 5 heteroatoms. The van der Waals surface area contributed by atoms with Crippen molar-refractivity contribution in [1.29, 1.82) is 0 Å². The van der Waals surface area contributed by atoms with Crippen LogP contribution >= 0.6 is 15.9 Å². The molecule has 0 saturated carbocycles. The molecule has 100 valence electrons. The number of carbonyl (C=O) groups is 1. The van der Waals surface area contributed by atoms with Crippen molar-refractivity contribution in [3.05, 3.63) is 29.8 Å². The molecule has 1 aromatic rings. The number of halogens is 1. The van der Waals surface area contributed by atoms with E-state index in [2.05, 4.69) is 21.2 Å². The van der Waals surface area contributed by atoms with Gasteiger partial charge in [-0.05, 0) is 24.6 Å². The van der Waals surface area contributed by atoms with Crippen LogP contribution in [-0.2, 0) is 4.74 Å². The van der Waals surface area contributed by atoms with Gasteiger partial charge in [0.15, 0.2) is 0 Å². The topological polar surface area (TPSA) is 47.6 Å². The molecule has 0 aromatic heterocycles. The summed E-state index contributed by atoms with van der Waals surface area (Å²) in [5.74, 6) is 0.559. The monoisotopic (exact) mass is 315 g/mol. The molecular formula is C13H18BrNO3. The average Bonchev–Trinajstić information content (AvgIpc) is 2.39. The summed E-state index contributed by atoms with van der Waals surface area (Å²) in [6.07, 6.45) is 0.823. The maximum Gasteiger partial charge on any atom is 0.251 e. The summed E-state index contributed by atoms with van der Waals surface area (Å²) in [5.41, 5.74) is 0.588. The highest BCUT2D eigenvalue weighted by molar-refractivity contribution is 9.09. The minimum atomic E-state index is -0.114. The normalized spacial score (nSPS) is 11.9. The molecule has 0 aliphatic heterocycles. The van der Waals surface area contributed by atoms with Crippen molar-refractivity contribution in [2.45, 2.75) is 12.5 Å². The molecule has 1 aromatic carbocycles. The van der Waals surface area contributed by atoms with E-state index >= 15 is 0 Å². The van der Waals surface area contributed by atoms with E-state index in [1.807, 2.05) is 6.07 Å². The lowest BCUT2D eigenvalue weighted by Gasteiger charge is -2.17. The quantitative estimate of drug-likeness (QED) is 0.785. The summed E-state index contributed by atoms with van der Waals surface area (Å²) in [4.78, 5) is 12.0.